The predicted octanol–water partition coefficient (Wildman–Crippen LogP) is 1.05. The molecule has 0 aromatic heterocycles. The Kier molecular flexibility index (Phi) is 3.94. The Hall–Kier alpha value is -1.88. The van der Waals surface area contributed by atoms with Crippen LogP contribution in [0, 0.1) is 0 Å². The molecule has 0 spiro atoms. The second-order valence-electron chi connectivity index (χ2n) is 4.20. The Bertz CT molecular complexity index is 433. The minimum atomic E-state index is -0.470. The van der Waals surface area contributed by atoms with Crippen molar-refractivity contribution in [1.29, 1.82) is 0 Å². The average Bonchev–Trinajstić information content (AvgIpc) is 2.40. The number of carbonyl (C=O) groups excluding carboxylic acids is 2. The molecule has 1 aromatic rings. The highest BCUT2D eigenvalue weighted by atomic mass is 16.6. The van der Waals surface area contributed by atoms with Gasteiger partial charge in [0.25, 0.3) is 0 Å². The van der Waals surface area contributed by atoms with Crippen LogP contribution in [0.1, 0.15) is 6.92 Å². The molecule has 1 unspecified atom stereocenters. The SMILES string of the molecule is CC(=O)C1CNCCN1C(=O)Oc1ccccc1. The van der Waals surface area contributed by atoms with Crippen LogP contribution in [0.25, 0.3) is 0 Å². The van der Waals surface area contributed by atoms with E-state index in [1.165, 1.54) is 11.8 Å². The number of rotatable bonds is 2. The van der Waals surface area contributed by atoms with E-state index in [-0.39, 0.29) is 5.78 Å². The molecule has 1 N–H and O–H groups in total. The number of ketones is 1. The third-order valence-electron chi connectivity index (χ3n) is 2.90. The first-order valence-electron chi connectivity index (χ1n) is 5.93. The van der Waals surface area contributed by atoms with E-state index in [2.05, 4.69) is 5.32 Å². The summed E-state index contributed by atoms with van der Waals surface area (Å²) in [6, 6.07) is 8.42. The fourth-order valence-corrected chi connectivity index (χ4v) is 1.93. The molecule has 96 valence electrons. The molecular formula is C13H16N2O3. The number of Topliss-reactive ketones (excluding diaryl/α,β-unsaturated/α-hetero) is 1. The quantitative estimate of drug-likeness (QED) is 0.850. The Balaban J connectivity index is 2.05. The van der Waals surface area contributed by atoms with Crippen LogP contribution in [0.4, 0.5) is 4.79 Å². The maximum absolute atomic E-state index is 12.0. The van der Waals surface area contributed by atoms with Crippen LogP contribution in [0.5, 0.6) is 5.75 Å². The molecule has 1 aliphatic heterocycles. The number of ether oxygens (including phenoxy) is 1. The van der Waals surface area contributed by atoms with Gasteiger partial charge in [0.2, 0.25) is 0 Å². The first-order chi connectivity index (χ1) is 8.68. The lowest BCUT2D eigenvalue weighted by Gasteiger charge is -2.33. The number of benzene rings is 1. The van der Waals surface area contributed by atoms with Gasteiger partial charge in [0.05, 0.1) is 0 Å². The van der Waals surface area contributed by atoms with Gasteiger partial charge in [-0.05, 0) is 19.1 Å². The third kappa shape index (κ3) is 2.87. The lowest BCUT2D eigenvalue weighted by molar-refractivity contribution is -0.122. The van der Waals surface area contributed by atoms with E-state index in [1.54, 1.807) is 24.3 Å². The van der Waals surface area contributed by atoms with Gasteiger partial charge in [-0.25, -0.2) is 4.79 Å². The Morgan fingerprint density at radius 2 is 2.06 bits per heavy atom. The van der Waals surface area contributed by atoms with E-state index in [4.69, 9.17) is 4.74 Å². The number of carbonyl (C=O) groups is 2. The van der Waals surface area contributed by atoms with Crippen LogP contribution in [0.3, 0.4) is 0 Å². The number of piperazine rings is 1. The van der Waals surface area contributed by atoms with Crippen LogP contribution in [0.15, 0.2) is 30.3 Å². The van der Waals surface area contributed by atoms with Crippen molar-refractivity contribution in [3.8, 4) is 5.75 Å². The Labute approximate surface area is 106 Å². The topological polar surface area (TPSA) is 58.6 Å². The molecule has 1 heterocycles. The fraction of sp³-hybridized carbons (Fsp3) is 0.385. The average molecular weight is 248 g/mol. The summed E-state index contributed by atoms with van der Waals surface area (Å²) in [6.45, 7) is 3.13. The maximum Gasteiger partial charge on any atom is 0.415 e. The lowest BCUT2D eigenvalue weighted by atomic mass is 10.1. The normalized spacial score (nSPS) is 19.4. The zero-order valence-electron chi connectivity index (χ0n) is 10.3. The van der Waals surface area contributed by atoms with Crippen LogP contribution in [0.2, 0.25) is 0 Å². The minimum Gasteiger partial charge on any atom is -0.410 e. The van der Waals surface area contributed by atoms with Crippen LogP contribution in [-0.2, 0) is 4.79 Å². The fourth-order valence-electron chi connectivity index (χ4n) is 1.93. The summed E-state index contributed by atoms with van der Waals surface area (Å²) in [5.74, 6) is 0.454. The summed E-state index contributed by atoms with van der Waals surface area (Å²) in [7, 11) is 0. The number of hydrogen-bond donors (Lipinski definition) is 1. The molecule has 18 heavy (non-hydrogen) atoms. The summed E-state index contributed by atoms with van der Waals surface area (Å²) in [5, 5.41) is 3.09. The summed E-state index contributed by atoms with van der Waals surface area (Å²) in [4.78, 5) is 25.0. The van der Waals surface area contributed by atoms with E-state index in [0.717, 1.165) is 0 Å². The smallest absolute Gasteiger partial charge is 0.410 e. The van der Waals surface area contributed by atoms with E-state index < -0.39 is 12.1 Å². The number of nitrogens with one attached hydrogen (secondary N) is 1. The van der Waals surface area contributed by atoms with Gasteiger partial charge in [-0.2, -0.15) is 0 Å². The van der Waals surface area contributed by atoms with Gasteiger partial charge < -0.3 is 10.1 Å². The highest BCUT2D eigenvalue weighted by Gasteiger charge is 2.30. The molecule has 0 aliphatic carbocycles. The lowest BCUT2D eigenvalue weighted by Crippen LogP contribution is -2.57. The number of hydrogen-bond acceptors (Lipinski definition) is 4. The van der Waals surface area contributed by atoms with Crippen molar-refractivity contribution in [2.24, 2.45) is 0 Å². The zero-order chi connectivity index (χ0) is 13.0. The van der Waals surface area contributed by atoms with E-state index >= 15 is 0 Å². The van der Waals surface area contributed by atoms with Crippen LogP contribution < -0.4 is 10.1 Å². The number of amides is 1. The van der Waals surface area contributed by atoms with Crippen molar-refractivity contribution in [3.63, 3.8) is 0 Å². The van der Waals surface area contributed by atoms with Gasteiger partial charge in [0.1, 0.15) is 11.8 Å². The molecule has 1 fully saturated rings. The van der Waals surface area contributed by atoms with Gasteiger partial charge in [-0.1, -0.05) is 18.2 Å². The molecular weight excluding hydrogens is 232 g/mol. The largest absolute Gasteiger partial charge is 0.415 e. The van der Waals surface area contributed by atoms with Crippen molar-refractivity contribution in [2.75, 3.05) is 19.6 Å². The summed E-state index contributed by atoms with van der Waals surface area (Å²) in [5.41, 5.74) is 0. The molecule has 5 heteroatoms. The minimum absolute atomic E-state index is 0.0350. The van der Waals surface area contributed by atoms with E-state index in [1.807, 2.05) is 6.07 Å². The summed E-state index contributed by atoms with van der Waals surface area (Å²) in [6.07, 6.45) is -0.470. The monoisotopic (exact) mass is 248 g/mol. The van der Waals surface area contributed by atoms with E-state index in [9.17, 15) is 9.59 Å². The van der Waals surface area contributed by atoms with Crippen molar-refractivity contribution in [2.45, 2.75) is 13.0 Å². The van der Waals surface area contributed by atoms with Crippen molar-refractivity contribution in [3.05, 3.63) is 30.3 Å². The van der Waals surface area contributed by atoms with Crippen molar-refractivity contribution < 1.29 is 14.3 Å². The van der Waals surface area contributed by atoms with E-state index in [0.29, 0.717) is 25.4 Å². The summed E-state index contributed by atoms with van der Waals surface area (Å²) < 4.78 is 5.24. The second kappa shape index (κ2) is 5.64. The first kappa shape index (κ1) is 12.6. The highest BCUT2D eigenvalue weighted by molar-refractivity contribution is 5.86. The van der Waals surface area contributed by atoms with Crippen molar-refractivity contribution >= 4 is 11.9 Å². The predicted molar refractivity (Wildman–Crippen MR) is 66.5 cm³/mol. The third-order valence-corrected chi connectivity index (χ3v) is 2.90. The van der Waals surface area contributed by atoms with Gasteiger partial charge in [-0.3, -0.25) is 9.69 Å². The Morgan fingerprint density at radius 1 is 1.33 bits per heavy atom. The second-order valence-corrected chi connectivity index (χ2v) is 4.20. The zero-order valence-corrected chi connectivity index (χ0v) is 10.3. The molecule has 2 rings (SSSR count). The Morgan fingerprint density at radius 3 is 2.72 bits per heavy atom. The standard InChI is InChI=1S/C13H16N2O3/c1-10(16)12-9-14-7-8-15(12)13(17)18-11-5-3-2-4-6-11/h2-6,12,14H,7-9H2,1H3. The summed E-state index contributed by atoms with van der Waals surface area (Å²) >= 11 is 0. The number of nitrogens with zero attached hydrogens (tertiary/aromatic N) is 1. The van der Waals surface area contributed by atoms with Crippen molar-refractivity contribution in [1.82, 2.24) is 10.2 Å². The molecule has 1 aliphatic rings. The number of para-hydroxylation sites is 1. The molecule has 5 nitrogen and oxygen atoms in total. The van der Waals surface area contributed by atoms with Crippen LogP contribution in [-0.4, -0.2) is 42.5 Å². The maximum atomic E-state index is 12.0. The van der Waals surface area contributed by atoms with Gasteiger partial charge in [0, 0.05) is 19.6 Å². The molecule has 1 saturated heterocycles. The molecule has 0 radical (unpaired) electrons. The highest BCUT2D eigenvalue weighted by Crippen LogP contribution is 2.13. The molecule has 0 saturated carbocycles. The molecule has 0 bridgehead atoms. The van der Waals surface area contributed by atoms with Gasteiger partial charge in [0.15, 0.2) is 5.78 Å². The van der Waals surface area contributed by atoms with Gasteiger partial charge in [-0.15, -0.1) is 0 Å². The van der Waals surface area contributed by atoms with Crippen LogP contribution >= 0.6 is 0 Å². The van der Waals surface area contributed by atoms with Gasteiger partial charge >= 0.3 is 6.09 Å². The molecule has 1 atom stereocenters. The molecule has 1 amide bonds. The first-order valence-corrected chi connectivity index (χ1v) is 5.93. The molecule has 1 aromatic carbocycles.